The van der Waals surface area contributed by atoms with Crippen LogP contribution in [0.1, 0.15) is 16.7 Å². The van der Waals surface area contributed by atoms with Crippen LogP contribution in [0.2, 0.25) is 0 Å². The molecule has 2 amide bonds. The Labute approximate surface area is 267 Å². The molecular weight excluding hydrogens is 688 g/mol. The van der Waals surface area contributed by atoms with E-state index in [0.717, 1.165) is 11.1 Å². The van der Waals surface area contributed by atoms with Gasteiger partial charge in [-0.05, 0) is 72.8 Å². The predicted octanol–water partition coefficient (Wildman–Crippen LogP) is 5.76. The lowest BCUT2D eigenvalue weighted by Crippen LogP contribution is -2.54. The molecule has 0 aliphatic carbocycles. The van der Waals surface area contributed by atoms with Gasteiger partial charge in [-0.25, -0.2) is 9.59 Å². The summed E-state index contributed by atoms with van der Waals surface area (Å²) in [5.41, 5.74) is 2.13. The number of benzene rings is 3. The molecule has 0 saturated heterocycles. The van der Waals surface area contributed by atoms with Gasteiger partial charge in [0.2, 0.25) is 11.7 Å². The minimum atomic E-state index is -1.06. The number of hydrogen-bond donors (Lipinski definition) is 0. The number of ether oxygens (including phenoxy) is 5. The lowest BCUT2D eigenvalue weighted by atomic mass is 9.99. The first-order valence-electron chi connectivity index (χ1n) is 13.3. The van der Waals surface area contributed by atoms with Crippen molar-refractivity contribution in [1.29, 1.82) is 0 Å². The van der Waals surface area contributed by atoms with Crippen molar-refractivity contribution >= 4 is 49.8 Å². The number of esters is 1. The van der Waals surface area contributed by atoms with Gasteiger partial charge in [0, 0.05) is 26.9 Å². The van der Waals surface area contributed by atoms with Crippen LogP contribution in [0.5, 0.6) is 23.0 Å². The van der Waals surface area contributed by atoms with Crippen molar-refractivity contribution in [3.05, 3.63) is 80.2 Å². The molecule has 0 fully saturated rings. The van der Waals surface area contributed by atoms with Gasteiger partial charge in [-0.3, -0.25) is 9.69 Å². The molecule has 3 aromatic carbocycles. The Kier molecular flexibility index (Phi) is 10.6. The zero-order valence-corrected chi connectivity index (χ0v) is 27.6. The Bertz CT molecular complexity index is 1480. The molecule has 4 bridgehead atoms. The standard InChI is InChI=1S/C31H32Br2N2O8/c1-34-24(30(37)41-5)14-19-11-21(32)27(22(33)12-19)43-26-16-20(15-25(39-3)28(26)40-4)13-23(29(34)36)35(2)31(38)42-17-18-9-7-6-8-10-18/h6-12,15-16,23-24H,13-14,17H2,1-5H3/t23-,24-/m0/s1. The Morgan fingerprint density at radius 2 is 1.63 bits per heavy atom. The third kappa shape index (κ3) is 7.24. The number of likely N-dealkylation sites (N-methyl/N-ethyl adjacent to an activating group) is 2. The third-order valence-corrected chi connectivity index (χ3v) is 8.34. The lowest BCUT2D eigenvalue weighted by molar-refractivity contribution is -0.153. The van der Waals surface area contributed by atoms with Gasteiger partial charge in [-0.2, -0.15) is 0 Å². The van der Waals surface area contributed by atoms with E-state index in [2.05, 4.69) is 31.9 Å². The number of carbonyl (C=O) groups is 3. The fraction of sp³-hybridized carbons (Fsp3) is 0.323. The number of halogens is 2. The van der Waals surface area contributed by atoms with Crippen LogP contribution in [-0.2, 0) is 38.5 Å². The number of methoxy groups -OCH3 is 3. The molecule has 10 nitrogen and oxygen atoms in total. The SMILES string of the molecule is COC(=O)[C@@H]1Cc2cc(Br)c(c(Br)c2)Oc2cc(cc(OC)c2OC)C[C@H](N(C)C(=O)OCc2ccccc2)C(=O)N1C. The number of hydrogen-bond acceptors (Lipinski definition) is 8. The van der Waals surface area contributed by atoms with Gasteiger partial charge in [0.05, 0.1) is 30.3 Å². The van der Waals surface area contributed by atoms with Crippen molar-refractivity contribution < 1.29 is 38.1 Å². The third-order valence-electron chi connectivity index (χ3n) is 7.17. The van der Waals surface area contributed by atoms with E-state index in [1.807, 2.05) is 30.3 Å². The van der Waals surface area contributed by atoms with E-state index in [1.165, 1.54) is 45.2 Å². The minimum Gasteiger partial charge on any atom is -0.493 e. The summed E-state index contributed by atoms with van der Waals surface area (Å²) in [6.45, 7) is 0.0270. The van der Waals surface area contributed by atoms with Gasteiger partial charge >= 0.3 is 12.1 Å². The Morgan fingerprint density at radius 1 is 0.977 bits per heavy atom. The number of nitrogens with zero attached hydrogens (tertiary/aromatic N) is 2. The van der Waals surface area contributed by atoms with Crippen LogP contribution in [0.25, 0.3) is 0 Å². The van der Waals surface area contributed by atoms with E-state index in [4.69, 9.17) is 23.7 Å². The molecule has 2 aliphatic rings. The molecule has 12 heteroatoms. The Morgan fingerprint density at radius 3 is 2.23 bits per heavy atom. The average Bonchev–Trinajstić information content (AvgIpc) is 3.01. The predicted molar refractivity (Wildman–Crippen MR) is 166 cm³/mol. The number of rotatable bonds is 6. The number of amides is 2. The van der Waals surface area contributed by atoms with Gasteiger partial charge < -0.3 is 28.6 Å². The molecule has 0 saturated carbocycles. The van der Waals surface area contributed by atoms with Crippen LogP contribution >= 0.6 is 31.9 Å². The molecule has 0 aromatic heterocycles. The average molecular weight is 720 g/mol. The second-order valence-electron chi connectivity index (χ2n) is 9.88. The molecule has 5 rings (SSSR count). The smallest absolute Gasteiger partial charge is 0.410 e. The van der Waals surface area contributed by atoms with E-state index in [0.29, 0.717) is 37.5 Å². The van der Waals surface area contributed by atoms with Crippen molar-refractivity contribution in [3.63, 3.8) is 0 Å². The quantitative estimate of drug-likeness (QED) is 0.297. The van der Waals surface area contributed by atoms with Crippen molar-refractivity contribution in [1.82, 2.24) is 9.80 Å². The summed E-state index contributed by atoms with van der Waals surface area (Å²) in [7, 11) is 7.28. The van der Waals surface area contributed by atoms with E-state index in [9.17, 15) is 14.4 Å². The van der Waals surface area contributed by atoms with Crippen LogP contribution in [0.3, 0.4) is 0 Å². The van der Waals surface area contributed by atoms with Gasteiger partial charge in [0.25, 0.3) is 0 Å². The highest BCUT2D eigenvalue weighted by molar-refractivity contribution is 9.11. The molecule has 0 N–H and O–H groups in total. The van der Waals surface area contributed by atoms with E-state index in [1.54, 1.807) is 24.3 Å². The maximum atomic E-state index is 14.2. The molecular formula is C31H32Br2N2O8. The number of fused-ring (bicyclic) bond motifs is 7. The molecule has 0 radical (unpaired) electrons. The number of carbonyl (C=O) groups excluding carboxylic acids is 3. The second kappa shape index (κ2) is 14.1. The van der Waals surface area contributed by atoms with E-state index >= 15 is 0 Å². The van der Waals surface area contributed by atoms with Crippen LogP contribution in [0.4, 0.5) is 4.79 Å². The summed E-state index contributed by atoms with van der Waals surface area (Å²) in [4.78, 5) is 43.0. The maximum Gasteiger partial charge on any atom is 0.410 e. The van der Waals surface area contributed by atoms with Crippen LogP contribution in [-0.4, -0.2) is 75.3 Å². The summed E-state index contributed by atoms with van der Waals surface area (Å²) in [6.07, 6.45) is -0.514. The van der Waals surface area contributed by atoms with Crippen LogP contribution in [0.15, 0.2) is 63.5 Å². The molecule has 228 valence electrons. The molecule has 2 aliphatic heterocycles. The van der Waals surface area contributed by atoms with Gasteiger partial charge in [-0.15, -0.1) is 0 Å². The summed E-state index contributed by atoms with van der Waals surface area (Å²) in [6, 6.07) is 14.2. The first-order valence-corrected chi connectivity index (χ1v) is 14.8. The van der Waals surface area contributed by atoms with Gasteiger partial charge in [0.1, 0.15) is 18.7 Å². The first-order chi connectivity index (χ1) is 20.6. The molecule has 0 unspecified atom stereocenters. The highest BCUT2D eigenvalue weighted by Gasteiger charge is 2.37. The Hall–Kier alpha value is -3.77. The lowest BCUT2D eigenvalue weighted by Gasteiger charge is -2.34. The maximum absolute atomic E-state index is 14.2. The van der Waals surface area contributed by atoms with Crippen molar-refractivity contribution in [3.8, 4) is 23.0 Å². The highest BCUT2D eigenvalue weighted by Crippen LogP contribution is 2.45. The first kappa shape index (κ1) is 32.2. The van der Waals surface area contributed by atoms with Crippen molar-refractivity contribution in [2.45, 2.75) is 31.5 Å². The Balaban J connectivity index is 1.82. The monoisotopic (exact) mass is 718 g/mol. The summed E-state index contributed by atoms with van der Waals surface area (Å²) >= 11 is 7.15. The minimum absolute atomic E-state index is 0.0270. The highest BCUT2D eigenvalue weighted by atomic mass is 79.9. The second-order valence-corrected chi connectivity index (χ2v) is 11.6. The summed E-state index contributed by atoms with van der Waals surface area (Å²) < 4.78 is 29.4. The molecule has 3 aromatic rings. The zero-order chi connectivity index (χ0) is 31.3. The summed E-state index contributed by atoms with van der Waals surface area (Å²) in [5.74, 6) is 0.435. The van der Waals surface area contributed by atoms with E-state index < -0.39 is 30.1 Å². The largest absolute Gasteiger partial charge is 0.493 e. The van der Waals surface area contributed by atoms with Crippen LogP contribution < -0.4 is 14.2 Å². The zero-order valence-electron chi connectivity index (χ0n) is 24.4. The molecule has 2 atom stereocenters. The fourth-order valence-corrected chi connectivity index (χ4v) is 6.25. The van der Waals surface area contributed by atoms with Crippen molar-refractivity contribution in [2.75, 3.05) is 35.4 Å². The van der Waals surface area contributed by atoms with Gasteiger partial charge in [-0.1, -0.05) is 30.3 Å². The van der Waals surface area contributed by atoms with Crippen molar-refractivity contribution in [2.24, 2.45) is 0 Å². The van der Waals surface area contributed by atoms with Gasteiger partial charge in [0.15, 0.2) is 17.2 Å². The van der Waals surface area contributed by atoms with Crippen LogP contribution in [0, 0.1) is 0 Å². The normalized spacial score (nSPS) is 16.5. The fourth-order valence-electron chi connectivity index (χ4n) is 4.80. The molecule has 0 spiro atoms. The molecule has 2 heterocycles. The molecule has 43 heavy (non-hydrogen) atoms. The topological polar surface area (TPSA) is 104 Å². The van der Waals surface area contributed by atoms with E-state index in [-0.39, 0.29) is 19.4 Å². The summed E-state index contributed by atoms with van der Waals surface area (Å²) in [5, 5.41) is 0.